The molecule has 146 valence electrons. The molecule has 0 radical (unpaired) electrons. The average Bonchev–Trinajstić information content (AvgIpc) is 3.22. The summed E-state index contributed by atoms with van der Waals surface area (Å²) < 4.78 is 7.28. The molecule has 2 aromatic heterocycles. The average molecular weight is 389 g/mol. The van der Waals surface area contributed by atoms with Gasteiger partial charge < -0.3 is 14.1 Å². The zero-order valence-electron chi connectivity index (χ0n) is 16.0. The summed E-state index contributed by atoms with van der Waals surface area (Å²) in [4.78, 5) is 23.6. The highest BCUT2D eigenvalue weighted by Crippen LogP contribution is 2.24. The van der Waals surface area contributed by atoms with E-state index < -0.39 is 11.9 Å². The Bertz CT molecular complexity index is 1280. The number of aliphatic carboxylic acids is 1. The molecule has 0 aliphatic rings. The Morgan fingerprint density at radius 1 is 1.17 bits per heavy atom. The molecule has 1 amide bonds. The minimum Gasteiger partial charge on any atom is -0.480 e. The summed E-state index contributed by atoms with van der Waals surface area (Å²) in [7, 11) is 0. The summed E-state index contributed by atoms with van der Waals surface area (Å²) in [5.74, 6) is -1.21. The highest BCUT2D eigenvalue weighted by molar-refractivity contribution is 6.02. The van der Waals surface area contributed by atoms with Gasteiger partial charge in [0.1, 0.15) is 12.1 Å². The van der Waals surface area contributed by atoms with E-state index in [4.69, 9.17) is 4.42 Å². The summed E-state index contributed by atoms with van der Waals surface area (Å²) in [6, 6.07) is 14.8. The predicted octanol–water partition coefficient (Wildman–Crippen LogP) is 3.85. The number of nitrogens with one attached hydrogen (secondary N) is 1. The number of hydrogen-bond acceptors (Lipinski definition) is 4. The van der Waals surface area contributed by atoms with Crippen molar-refractivity contribution in [3.63, 3.8) is 0 Å². The molecule has 0 spiro atoms. The van der Waals surface area contributed by atoms with E-state index in [1.807, 2.05) is 56.3 Å². The fraction of sp³-hybridized carbons (Fsp3) is 0.136. The summed E-state index contributed by atoms with van der Waals surface area (Å²) in [5.41, 5.74) is 6.50. The highest BCUT2D eigenvalue weighted by Gasteiger charge is 2.15. The zero-order valence-corrected chi connectivity index (χ0v) is 16.0. The highest BCUT2D eigenvalue weighted by atomic mass is 16.4. The van der Waals surface area contributed by atoms with Crippen molar-refractivity contribution in [2.75, 3.05) is 0 Å². The van der Waals surface area contributed by atoms with Crippen LogP contribution in [-0.2, 0) is 11.3 Å². The Balaban J connectivity index is 1.60. The van der Waals surface area contributed by atoms with Gasteiger partial charge in [-0.25, -0.2) is 5.43 Å². The molecule has 0 bridgehead atoms. The summed E-state index contributed by atoms with van der Waals surface area (Å²) in [6.07, 6.45) is 1.53. The van der Waals surface area contributed by atoms with Crippen LogP contribution in [0.1, 0.15) is 27.4 Å². The lowest BCUT2D eigenvalue weighted by atomic mass is 10.1. The maximum atomic E-state index is 12.4. The smallest absolute Gasteiger partial charge is 0.323 e. The molecule has 0 aliphatic carbocycles. The molecular formula is C22H19N3O4. The van der Waals surface area contributed by atoms with Gasteiger partial charge in [-0.3, -0.25) is 9.59 Å². The van der Waals surface area contributed by atoms with Crippen LogP contribution < -0.4 is 5.43 Å². The van der Waals surface area contributed by atoms with Gasteiger partial charge in [-0.1, -0.05) is 29.8 Å². The minimum atomic E-state index is -0.925. The third kappa shape index (κ3) is 3.50. The van der Waals surface area contributed by atoms with E-state index in [0.717, 1.165) is 33.1 Å². The van der Waals surface area contributed by atoms with Gasteiger partial charge in [0.15, 0.2) is 5.76 Å². The molecule has 2 heterocycles. The van der Waals surface area contributed by atoms with Crippen LogP contribution in [0.15, 0.2) is 58.0 Å². The van der Waals surface area contributed by atoms with E-state index in [1.165, 1.54) is 6.21 Å². The van der Waals surface area contributed by atoms with E-state index in [2.05, 4.69) is 10.5 Å². The molecule has 4 rings (SSSR count). The molecule has 2 aromatic carbocycles. The van der Waals surface area contributed by atoms with Crippen LogP contribution in [0.5, 0.6) is 0 Å². The van der Waals surface area contributed by atoms with Crippen LogP contribution in [0, 0.1) is 13.8 Å². The van der Waals surface area contributed by atoms with Crippen molar-refractivity contribution < 1.29 is 19.1 Å². The number of carbonyl (C=O) groups excluding carboxylic acids is 1. The third-order valence-electron chi connectivity index (χ3n) is 4.83. The molecule has 0 saturated carbocycles. The lowest BCUT2D eigenvalue weighted by molar-refractivity contribution is -0.137. The van der Waals surface area contributed by atoms with Crippen molar-refractivity contribution in [3.05, 3.63) is 71.1 Å². The van der Waals surface area contributed by atoms with Gasteiger partial charge in [0.25, 0.3) is 0 Å². The number of benzene rings is 2. The van der Waals surface area contributed by atoms with Crippen LogP contribution in [0.3, 0.4) is 0 Å². The first kappa shape index (κ1) is 18.5. The first-order chi connectivity index (χ1) is 13.9. The normalized spacial score (nSPS) is 11.5. The largest absolute Gasteiger partial charge is 0.480 e. The molecule has 29 heavy (non-hydrogen) atoms. The molecule has 0 atom stereocenters. The van der Waals surface area contributed by atoms with Crippen molar-refractivity contribution in [2.24, 2.45) is 5.10 Å². The number of aromatic nitrogens is 1. The van der Waals surface area contributed by atoms with Crippen LogP contribution >= 0.6 is 0 Å². The molecule has 0 aliphatic heterocycles. The number of hydrogen-bond donors (Lipinski definition) is 2. The lowest BCUT2D eigenvalue weighted by Gasteiger charge is -2.04. The monoisotopic (exact) mass is 389 g/mol. The van der Waals surface area contributed by atoms with E-state index in [9.17, 15) is 14.7 Å². The zero-order chi connectivity index (χ0) is 20.5. The molecule has 4 aromatic rings. The maximum Gasteiger partial charge on any atom is 0.323 e. The molecular weight excluding hydrogens is 370 g/mol. The number of fused-ring (bicyclic) bond motifs is 2. The van der Waals surface area contributed by atoms with Gasteiger partial charge in [0.05, 0.1) is 6.21 Å². The standard InChI is InChI=1S/C22H19N3O4/c1-13-7-8-19-15(9-13)10-20(29-19)22(28)24-23-11-17-14(2)25(12-21(26)27)18-6-4-3-5-16(17)18/h3-11H,12H2,1-2H3,(H,24,28)(H,26,27). The number of carboxylic acid groups (broad SMARTS) is 1. The minimum absolute atomic E-state index is 0.148. The number of carbonyl (C=O) groups is 2. The number of furan rings is 1. The molecule has 0 saturated heterocycles. The van der Waals surface area contributed by atoms with E-state index in [0.29, 0.717) is 5.58 Å². The topological polar surface area (TPSA) is 96.8 Å². The van der Waals surface area contributed by atoms with Gasteiger partial charge in [-0.2, -0.15) is 5.10 Å². The molecule has 7 heteroatoms. The van der Waals surface area contributed by atoms with Gasteiger partial charge in [-0.05, 0) is 38.1 Å². The molecule has 7 nitrogen and oxygen atoms in total. The molecule has 0 fully saturated rings. The number of nitrogens with zero attached hydrogens (tertiary/aromatic N) is 2. The Kier molecular flexibility index (Phi) is 4.64. The van der Waals surface area contributed by atoms with E-state index in [-0.39, 0.29) is 12.3 Å². The second-order valence-electron chi connectivity index (χ2n) is 6.85. The Hall–Kier alpha value is -3.87. The van der Waals surface area contributed by atoms with Crippen molar-refractivity contribution in [1.29, 1.82) is 0 Å². The van der Waals surface area contributed by atoms with Crippen molar-refractivity contribution in [2.45, 2.75) is 20.4 Å². The first-order valence-electron chi connectivity index (χ1n) is 9.07. The third-order valence-corrected chi connectivity index (χ3v) is 4.83. The summed E-state index contributed by atoms with van der Waals surface area (Å²) in [6.45, 7) is 3.65. The maximum absolute atomic E-state index is 12.4. The lowest BCUT2D eigenvalue weighted by Crippen LogP contribution is -2.16. The number of hydrazone groups is 1. The number of amides is 1. The Morgan fingerprint density at radius 3 is 2.76 bits per heavy atom. The Labute approximate surface area is 166 Å². The van der Waals surface area contributed by atoms with Crippen LogP contribution in [-0.4, -0.2) is 27.8 Å². The van der Waals surface area contributed by atoms with Crippen molar-refractivity contribution in [1.82, 2.24) is 9.99 Å². The number of carboxylic acids is 1. The second-order valence-corrected chi connectivity index (χ2v) is 6.85. The second kappa shape index (κ2) is 7.27. The van der Waals surface area contributed by atoms with Crippen molar-refractivity contribution >= 4 is 40.0 Å². The van der Waals surface area contributed by atoms with Gasteiger partial charge >= 0.3 is 11.9 Å². The molecule has 0 unspecified atom stereocenters. The quantitative estimate of drug-likeness (QED) is 0.400. The number of para-hydroxylation sites is 1. The predicted molar refractivity (Wildman–Crippen MR) is 110 cm³/mol. The van der Waals surface area contributed by atoms with E-state index in [1.54, 1.807) is 10.6 Å². The van der Waals surface area contributed by atoms with Crippen LogP contribution in [0.25, 0.3) is 21.9 Å². The van der Waals surface area contributed by atoms with Crippen molar-refractivity contribution in [3.8, 4) is 0 Å². The van der Waals surface area contributed by atoms with Gasteiger partial charge in [-0.15, -0.1) is 0 Å². The van der Waals surface area contributed by atoms with E-state index >= 15 is 0 Å². The fourth-order valence-corrected chi connectivity index (χ4v) is 3.44. The van der Waals surface area contributed by atoms with Crippen LogP contribution in [0.2, 0.25) is 0 Å². The Morgan fingerprint density at radius 2 is 1.97 bits per heavy atom. The van der Waals surface area contributed by atoms with Crippen LogP contribution in [0.4, 0.5) is 0 Å². The number of rotatable bonds is 5. The number of aryl methyl sites for hydroxylation is 1. The first-order valence-corrected chi connectivity index (χ1v) is 9.07. The fourth-order valence-electron chi connectivity index (χ4n) is 3.44. The summed E-state index contributed by atoms with van der Waals surface area (Å²) in [5, 5.41) is 15.0. The molecule has 2 N–H and O–H groups in total. The summed E-state index contributed by atoms with van der Waals surface area (Å²) >= 11 is 0. The SMILES string of the molecule is Cc1ccc2oc(C(=O)NN=Cc3c(C)n(CC(=O)O)c4ccccc34)cc2c1. The van der Waals surface area contributed by atoms with Gasteiger partial charge in [0, 0.05) is 27.5 Å². The van der Waals surface area contributed by atoms with Gasteiger partial charge in [0.2, 0.25) is 0 Å².